The fourth-order valence-electron chi connectivity index (χ4n) is 2.71. The summed E-state index contributed by atoms with van der Waals surface area (Å²) >= 11 is 0. The highest BCUT2D eigenvalue weighted by Gasteiger charge is 2.23. The minimum absolute atomic E-state index is 0.249. The summed E-state index contributed by atoms with van der Waals surface area (Å²) < 4.78 is 1.79. The molecule has 5 heteroatoms. The molecule has 2 heterocycles. The van der Waals surface area contributed by atoms with Gasteiger partial charge in [0.2, 0.25) is 5.91 Å². The third-order valence-corrected chi connectivity index (χ3v) is 3.74. The number of aromatic nitrogens is 2. The summed E-state index contributed by atoms with van der Waals surface area (Å²) in [6.45, 7) is 4.32. The molecule has 1 fully saturated rings. The van der Waals surface area contributed by atoms with Gasteiger partial charge in [-0.15, -0.1) is 0 Å². The van der Waals surface area contributed by atoms with Crippen LogP contribution in [-0.2, 0) is 18.4 Å². The monoisotopic (exact) mass is 264 g/mol. The molecule has 1 unspecified atom stereocenters. The first-order valence-electron chi connectivity index (χ1n) is 7.02. The van der Waals surface area contributed by atoms with Crippen LogP contribution in [0, 0.1) is 0 Å². The summed E-state index contributed by atoms with van der Waals surface area (Å²) in [5.41, 5.74) is 1.14. The zero-order valence-corrected chi connectivity index (χ0v) is 12.2. The number of piperidine rings is 1. The van der Waals surface area contributed by atoms with Gasteiger partial charge in [-0.25, -0.2) is 0 Å². The lowest BCUT2D eigenvalue weighted by Gasteiger charge is -2.34. The highest BCUT2D eigenvalue weighted by Crippen LogP contribution is 2.16. The molecule has 1 saturated heterocycles. The lowest BCUT2D eigenvalue weighted by atomic mass is 10.0. The van der Waals surface area contributed by atoms with E-state index in [1.54, 1.807) is 4.68 Å². The maximum Gasteiger partial charge on any atom is 0.236 e. The van der Waals surface area contributed by atoms with Crippen molar-refractivity contribution >= 4 is 5.91 Å². The van der Waals surface area contributed by atoms with Crippen LogP contribution >= 0.6 is 0 Å². The van der Waals surface area contributed by atoms with Gasteiger partial charge in [-0.1, -0.05) is 0 Å². The molecule has 0 N–H and O–H groups in total. The first kappa shape index (κ1) is 14.1. The Labute approximate surface area is 115 Å². The van der Waals surface area contributed by atoms with E-state index in [9.17, 15) is 4.79 Å². The van der Waals surface area contributed by atoms with E-state index in [4.69, 9.17) is 0 Å². The van der Waals surface area contributed by atoms with E-state index >= 15 is 0 Å². The molecule has 1 amide bonds. The molecule has 1 atom stereocenters. The van der Waals surface area contributed by atoms with Gasteiger partial charge in [0.05, 0.1) is 12.7 Å². The number of aryl methyl sites for hydroxylation is 1. The maximum atomic E-state index is 12.3. The van der Waals surface area contributed by atoms with Crippen molar-refractivity contribution in [3.8, 4) is 0 Å². The molecule has 1 aliphatic rings. The van der Waals surface area contributed by atoms with E-state index in [0.717, 1.165) is 31.5 Å². The van der Waals surface area contributed by atoms with Crippen molar-refractivity contribution in [3.63, 3.8) is 0 Å². The van der Waals surface area contributed by atoms with Gasteiger partial charge in [-0.2, -0.15) is 5.10 Å². The zero-order chi connectivity index (χ0) is 13.8. The van der Waals surface area contributed by atoms with Gasteiger partial charge in [0.15, 0.2) is 0 Å². The van der Waals surface area contributed by atoms with E-state index in [-0.39, 0.29) is 5.91 Å². The van der Waals surface area contributed by atoms with Crippen molar-refractivity contribution in [1.82, 2.24) is 19.6 Å². The molecule has 1 aromatic heterocycles. The van der Waals surface area contributed by atoms with Gasteiger partial charge in [-0.3, -0.25) is 14.4 Å². The molecule has 2 rings (SSSR count). The minimum atomic E-state index is 0.249. The molecule has 1 aromatic rings. The number of likely N-dealkylation sites (N-methyl/N-ethyl adjacent to an activating group) is 1. The van der Waals surface area contributed by atoms with Crippen LogP contribution in [0.25, 0.3) is 0 Å². The number of hydrogen-bond acceptors (Lipinski definition) is 3. The van der Waals surface area contributed by atoms with Gasteiger partial charge in [0.25, 0.3) is 0 Å². The smallest absolute Gasteiger partial charge is 0.236 e. The molecular weight excluding hydrogens is 240 g/mol. The second kappa shape index (κ2) is 6.19. The van der Waals surface area contributed by atoms with Crippen molar-refractivity contribution in [2.75, 3.05) is 20.1 Å². The zero-order valence-electron chi connectivity index (χ0n) is 12.2. The van der Waals surface area contributed by atoms with E-state index < -0.39 is 0 Å². The summed E-state index contributed by atoms with van der Waals surface area (Å²) in [4.78, 5) is 16.4. The normalized spacial score (nSPS) is 20.0. The van der Waals surface area contributed by atoms with Gasteiger partial charge >= 0.3 is 0 Å². The Kier molecular flexibility index (Phi) is 4.58. The Morgan fingerprint density at radius 2 is 2.32 bits per heavy atom. The fraction of sp³-hybridized carbons (Fsp3) is 0.714. The molecule has 0 saturated carbocycles. The largest absolute Gasteiger partial charge is 0.339 e. The van der Waals surface area contributed by atoms with E-state index in [1.165, 1.54) is 6.42 Å². The molecule has 5 nitrogen and oxygen atoms in total. The highest BCUT2D eigenvalue weighted by atomic mass is 16.2. The Morgan fingerprint density at radius 3 is 2.95 bits per heavy atom. The average molecular weight is 264 g/mol. The first-order valence-corrected chi connectivity index (χ1v) is 7.02. The SMILES string of the molecule is CC1CCCCN1C(=O)CN(C)Cc1cnn(C)c1. The molecular formula is C14H24N4O. The molecule has 0 spiro atoms. The lowest BCUT2D eigenvalue weighted by molar-refractivity contribution is -0.135. The second-order valence-electron chi connectivity index (χ2n) is 5.63. The van der Waals surface area contributed by atoms with Crippen LogP contribution in [0.4, 0.5) is 0 Å². The van der Waals surface area contributed by atoms with Crippen LogP contribution < -0.4 is 0 Å². The van der Waals surface area contributed by atoms with E-state index in [2.05, 4.69) is 16.9 Å². The van der Waals surface area contributed by atoms with Crippen LogP contribution in [-0.4, -0.2) is 51.7 Å². The molecule has 0 bridgehead atoms. The molecule has 106 valence electrons. The summed E-state index contributed by atoms with van der Waals surface area (Å²) in [5, 5.41) is 4.15. The van der Waals surface area contributed by atoms with Crippen molar-refractivity contribution in [2.45, 2.75) is 38.8 Å². The number of hydrogen-bond donors (Lipinski definition) is 0. The average Bonchev–Trinajstić information content (AvgIpc) is 2.74. The van der Waals surface area contributed by atoms with Crippen LogP contribution in [0.15, 0.2) is 12.4 Å². The Balaban J connectivity index is 1.84. The number of amides is 1. The van der Waals surface area contributed by atoms with Gasteiger partial charge < -0.3 is 4.90 Å². The maximum absolute atomic E-state index is 12.3. The van der Waals surface area contributed by atoms with Crippen LogP contribution in [0.2, 0.25) is 0 Å². The van der Waals surface area contributed by atoms with Crippen LogP contribution in [0.1, 0.15) is 31.7 Å². The predicted molar refractivity (Wildman–Crippen MR) is 74.6 cm³/mol. The van der Waals surface area contributed by atoms with E-state index in [0.29, 0.717) is 12.6 Å². The summed E-state index contributed by atoms with van der Waals surface area (Å²) in [6.07, 6.45) is 7.37. The lowest BCUT2D eigenvalue weighted by Crippen LogP contribution is -2.46. The fourth-order valence-corrected chi connectivity index (χ4v) is 2.71. The standard InChI is InChI=1S/C14H24N4O/c1-12-6-4-5-7-18(12)14(19)11-16(2)9-13-8-15-17(3)10-13/h8,10,12H,4-7,9,11H2,1-3H3. The van der Waals surface area contributed by atoms with Crippen molar-refractivity contribution in [3.05, 3.63) is 18.0 Å². The number of carbonyl (C=O) groups excluding carboxylic acids is 1. The Bertz CT molecular complexity index is 429. The molecule has 1 aliphatic heterocycles. The van der Waals surface area contributed by atoms with Gasteiger partial charge in [0, 0.05) is 37.9 Å². The number of nitrogens with zero attached hydrogens (tertiary/aromatic N) is 4. The molecule has 0 radical (unpaired) electrons. The molecule has 19 heavy (non-hydrogen) atoms. The Morgan fingerprint density at radius 1 is 1.53 bits per heavy atom. The number of rotatable bonds is 4. The summed E-state index contributed by atoms with van der Waals surface area (Å²) in [5.74, 6) is 0.249. The third-order valence-electron chi connectivity index (χ3n) is 3.74. The minimum Gasteiger partial charge on any atom is -0.339 e. The first-order chi connectivity index (χ1) is 9.06. The third kappa shape index (κ3) is 3.80. The van der Waals surface area contributed by atoms with Crippen LogP contribution in [0.3, 0.4) is 0 Å². The number of likely N-dealkylation sites (tertiary alicyclic amines) is 1. The van der Waals surface area contributed by atoms with Gasteiger partial charge in [-0.05, 0) is 33.2 Å². The van der Waals surface area contributed by atoms with Crippen LogP contribution in [0.5, 0.6) is 0 Å². The van der Waals surface area contributed by atoms with E-state index in [1.807, 2.05) is 31.4 Å². The van der Waals surface area contributed by atoms with Gasteiger partial charge in [0.1, 0.15) is 0 Å². The molecule has 0 aromatic carbocycles. The molecule has 0 aliphatic carbocycles. The topological polar surface area (TPSA) is 41.4 Å². The number of carbonyl (C=O) groups is 1. The quantitative estimate of drug-likeness (QED) is 0.822. The second-order valence-corrected chi connectivity index (χ2v) is 5.63. The van der Waals surface area contributed by atoms with Crippen molar-refractivity contribution in [1.29, 1.82) is 0 Å². The van der Waals surface area contributed by atoms with Crippen molar-refractivity contribution < 1.29 is 4.79 Å². The highest BCUT2D eigenvalue weighted by molar-refractivity contribution is 5.78. The van der Waals surface area contributed by atoms with Crippen molar-refractivity contribution in [2.24, 2.45) is 7.05 Å². The summed E-state index contributed by atoms with van der Waals surface area (Å²) in [7, 11) is 3.89. The predicted octanol–water partition coefficient (Wildman–Crippen LogP) is 1.25. The summed E-state index contributed by atoms with van der Waals surface area (Å²) in [6, 6.07) is 0.396. The Hall–Kier alpha value is -1.36.